The molecule has 0 bridgehead atoms. The van der Waals surface area contributed by atoms with Crippen LogP contribution in [0.3, 0.4) is 0 Å². The quantitative estimate of drug-likeness (QED) is 0.655. The van der Waals surface area contributed by atoms with Crippen LogP contribution in [0.2, 0.25) is 0 Å². The first-order chi connectivity index (χ1) is 12.1. The van der Waals surface area contributed by atoms with Gasteiger partial charge in [-0.05, 0) is 32.4 Å². The van der Waals surface area contributed by atoms with E-state index in [1.807, 2.05) is 31.2 Å². The van der Waals surface area contributed by atoms with E-state index >= 15 is 0 Å². The van der Waals surface area contributed by atoms with E-state index in [0.717, 1.165) is 36.3 Å². The molecular weight excluding hydrogens is 318 g/mol. The molecule has 0 aliphatic carbocycles. The van der Waals surface area contributed by atoms with Crippen molar-refractivity contribution >= 4 is 22.6 Å². The summed E-state index contributed by atoms with van der Waals surface area (Å²) in [4.78, 5) is 30.6. The first-order valence-corrected chi connectivity index (χ1v) is 8.89. The Kier molecular flexibility index (Phi) is 4.31. The molecule has 2 unspecified atom stereocenters. The second kappa shape index (κ2) is 6.61. The molecule has 2 aliphatic heterocycles. The number of ether oxygens (including phenoxy) is 1. The zero-order chi connectivity index (χ0) is 17.4. The first kappa shape index (κ1) is 16.3. The van der Waals surface area contributed by atoms with Gasteiger partial charge in [0.05, 0.1) is 18.3 Å². The normalized spacial score (nSPS) is 23.6. The summed E-state index contributed by atoms with van der Waals surface area (Å²) in [6.45, 7) is 4.83. The number of Topliss-reactive ketones (excluding diaryl/α,β-unsaturated/α-hetero) is 1. The van der Waals surface area contributed by atoms with Gasteiger partial charge in [-0.25, -0.2) is 0 Å². The molecule has 0 saturated carbocycles. The van der Waals surface area contributed by atoms with Crippen molar-refractivity contribution < 1.29 is 14.3 Å². The highest BCUT2D eigenvalue weighted by Gasteiger charge is 2.32. The number of fused-ring (bicyclic) bond motifs is 2. The summed E-state index contributed by atoms with van der Waals surface area (Å²) in [5, 5.41) is 3.54. The lowest BCUT2D eigenvalue weighted by Gasteiger charge is -2.35. The minimum Gasteiger partial charge on any atom is -0.373 e. The fourth-order valence-corrected chi connectivity index (χ4v) is 3.98. The Balaban J connectivity index is 1.40. The van der Waals surface area contributed by atoms with Gasteiger partial charge < -0.3 is 15.0 Å². The molecule has 2 saturated heterocycles. The number of aryl methyl sites for hydroxylation is 1. The number of benzene rings is 1. The van der Waals surface area contributed by atoms with Crippen LogP contribution in [0.25, 0.3) is 10.9 Å². The number of H-pyrrole nitrogens is 1. The zero-order valence-electron chi connectivity index (χ0n) is 14.4. The fourth-order valence-electron chi connectivity index (χ4n) is 3.98. The Morgan fingerprint density at radius 1 is 1.36 bits per heavy atom. The van der Waals surface area contributed by atoms with Crippen LogP contribution < -0.4 is 5.32 Å². The van der Waals surface area contributed by atoms with Gasteiger partial charge in [0, 0.05) is 35.7 Å². The first-order valence-electron chi connectivity index (χ1n) is 8.89. The van der Waals surface area contributed by atoms with Crippen LogP contribution in [0.15, 0.2) is 24.3 Å². The number of nitrogens with one attached hydrogen (secondary N) is 2. The van der Waals surface area contributed by atoms with Crippen molar-refractivity contribution in [2.45, 2.75) is 31.9 Å². The molecule has 1 aromatic heterocycles. The Bertz CT molecular complexity index is 813. The van der Waals surface area contributed by atoms with Gasteiger partial charge in [-0.2, -0.15) is 0 Å². The van der Waals surface area contributed by atoms with Gasteiger partial charge in [-0.3, -0.25) is 14.5 Å². The van der Waals surface area contributed by atoms with Crippen molar-refractivity contribution in [1.29, 1.82) is 0 Å². The summed E-state index contributed by atoms with van der Waals surface area (Å²) in [6.07, 6.45) is 2.36. The molecule has 0 radical (unpaired) electrons. The van der Waals surface area contributed by atoms with Crippen LogP contribution in [0.1, 0.15) is 28.9 Å². The molecular formula is C19H23N3O3. The summed E-state index contributed by atoms with van der Waals surface area (Å²) in [6, 6.07) is 8.06. The Morgan fingerprint density at radius 2 is 2.20 bits per heavy atom. The van der Waals surface area contributed by atoms with E-state index in [1.165, 1.54) is 12.8 Å². The number of para-hydroxylation sites is 1. The van der Waals surface area contributed by atoms with Crippen LogP contribution in [0.5, 0.6) is 0 Å². The van der Waals surface area contributed by atoms with E-state index in [0.29, 0.717) is 18.2 Å². The highest BCUT2D eigenvalue weighted by molar-refractivity contribution is 6.45. The van der Waals surface area contributed by atoms with Crippen molar-refractivity contribution in [3.05, 3.63) is 35.5 Å². The number of amides is 1. The van der Waals surface area contributed by atoms with Crippen LogP contribution in [-0.2, 0) is 9.53 Å². The number of rotatable bonds is 4. The van der Waals surface area contributed by atoms with Gasteiger partial charge in [0.25, 0.3) is 11.7 Å². The van der Waals surface area contributed by atoms with Crippen molar-refractivity contribution in [2.24, 2.45) is 0 Å². The number of nitrogens with zero attached hydrogens (tertiary/aromatic N) is 1. The van der Waals surface area contributed by atoms with Crippen LogP contribution in [0, 0.1) is 6.92 Å². The van der Waals surface area contributed by atoms with E-state index in [1.54, 1.807) is 0 Å². The third kappa shape index (κ3) is 3.07. The van der Waals surface area contributed by atoms with Gasteiger partial charge in [0.15, 0.2) is 0 Å². The summed E-state index contributed by atoms with van der Waals surface area (Å²) < 4.78 is 5.83. The lowest BCUT2D eigenvalue weighted by atomic mass is 10.1. The van der Waals surface area contributed by atoms with E-state index in [-0.39, 0.29) is 6.10 Å². The van der Waals surface area contributed by atoms with Crippen LogP contribution in [-0.4, -0.2) is 60.0 Å². The number of ketones is 1. The predicted molar refractivity (Wildman–Crippen MR) is 94.7 cm³/mol. The van der Waals surface area contributed by atoms with Crippen LogP contribution in [0.4, 0.5) is 0 Å². The highest BCUT2D eigenvalue weighted by Crippen LogP contribution is 2.23. The zero-order valence-corrected chi connectivity index (χ0v) is 14.4. The van der Waals surface area contributed by atoms with E-state index in [9.17, 15) is 9.59 Å². The maximum atomic E-state index is 12.6. The lowest BCUT2D eigenvalue weighted by Crippen LogP contribution is -2.50. The SMILES string of the molecule is Cc1[nH]c2ccccc2c1C(=O)C(=O)NCC1CN2CCCC2CO1. The van der Waals surface area contributed by atoms with Gasteiger partial charge >= 0.3 is 0 Å². The fraction of sp³-hybridized carbons (Fsp3) is 0.474. The number of hydrogen-bond acceptors (Lipinski definition) is 4. The molecule has 2 fully saturated rings. The molecule has 25 heavy (non-hydrogen) atoms. The second-order valence-corrected chi connectivity index (χ2v) is 6.96. The minimum absolute atomic E-state index is 0.0461. The van der Waals surface area contributed by atoms with E-state index in [4.69, 9.17) is 4.74 Å². The van der Waals surface area contributed by atoms with Gasteiger partial charge in [-0.15, -0.1) is 0 Å². The molecule has 1 aromatic carbocycles. The maximum absolute atomic E-state index is 12.6. The van der Waals surface area contributed by atoms with Crippen molar-refractivity contribution in [3.8, 4) is 0 Å². The Hall–Kier alpha value is -2.18. The summed E-state index contributed by atoms with van der Waals surface area (Å²) in [5.74, 6) is -1.06. The molecule has 2 atom stereocenters. The largest absolute Gasteiger partial charge is 0.373 e. The predicted octanol–water partition coefficient (Wildman–Crippen LogP) is 1.64. The van der Waals surface area contributed by atoms with Gasteiger partial charge in [0.1, 0.15) is 0 Å². The number of morpholine rings is 1. The summed E-state index contributed by atoms with van der Waals surface area (Å²) in [7, 11) is 0. The smallest absolute Gasteiger partial charge is 0.292 e. The number of aromatic amines is 1. The molecule has 6 heteroatoms. The standard InChI is InChI=1S/C19H23N3O3/c1-12-17(15-6-2-3-7-16(15)21-12)18(23)19(24)20-9-14-10-22-8-4-5-13(22)11-25-14/h2-3,6-7,13-14,21H,4-5,8-11H2,1H3,(H,20,24). The highest BCUT2D eigenvalue weighted by atomic mass is 16.5. The number of carbonyl (C=O) groups excluding carboxylic acids is 2. The number of carbonyl (C=O) groups is 2. The molecule has 2 aromatic rings. The average molecular weight is 341 g/mol. The van der Waals surface area contributed by atoms with Crippen molar-refractivity contribution in [1.82, 2.24) is 15.2 Å². The molecule has 132 valence electrons. The summed E-state index contributed by atoms with van der Waals surface area (Å²) >= 11 is 0. The molecule has 2 aliphatic rings. The summed E-state index contributed by atoms with van der Waals surface area (Å²) in [5.41, 5.74) is 2.04. The Morgan fingerprint density at radius 3 is 3.08 bits per heavy atom. The molecule has 2 N–H and O–H groups in total. The number of hydrogen-bond donors (Lipinski definition) is 2. The monoisotopic (exact) mass is 341 g/mol. The van der Waals surface area contributed by atoms with Crippen LogP contribution >= 0.6 is 0 Å². The molecule has 6 nitrogen and oxygen atoms in total. The molecule has 0 spiro atoms. The maximum Gasteiger partial charge on any atom is 0.292 e. The van der Waals surface area contributed by atoms with Gasteiger partial charge in [-0.1, -0.05) is 18.2 Å². The Labute approximate surface area is 146 Å². The van der Waals surface area contributed by atoms with Crippen molar-refractivity contribution in [3.63, 3.8) is 0 Å². The van der Waals surface area contributed by atoms with Gasteiger partial charge in [0.2, 0.25) is 0 Å². The molecule has 1 amide bonds. The van der Waals surface area contributed by atoms with E-state index < -0.39 is 11.7 Å². The third-order valence-electron chi connectivity index (χ3n) is 5.28. The number of aromatic nitrogens is 1. The second-order valence-electron chi connectivity index (χ2n) is 6.96. The van der Waals surface area contributed by atoms with E-state index in [2.05, 4.69) is 15.2 Å². The molecule has 3 heterocycles. The third-order valence-corrected chi connectivity index (χ3v) is 5.28. The lowest BCUT2D eigenvalue weighted by molar-refractivity contribution is -0.118. The minimum atomic E-state index is -0.569. The average Bonchev–Trinajstić information content (AvgIpc) is 3.21. The van der Waals surface area contributed by atoms with Crippen molar-refractivity contribution in [2.75, 3.05) is 26.2 Å². The molecule has 4 rings (SSSR count). The topological polar surface area (TPSA) is 74.4 Å².